The van der Waals surface area contributed by atoms with Crippen LogP contribution in [-0.4, -0.2) is 98.0 Å². The van der Waals surface area contributed by atoms with E-state index in [2.05, 4.69) is 84.6 Å². The van der Waals surface area contributed by atoms with E-state index in [0.717, 1.165) is 13.4 Å². The second-order valence-corrected chi connectivity index (χ2v) is 8.05. The number of quaternary nitrogens is 3. The summed E-state index contributed by atoms with van der Waals surface area (Å²) < 4.78 is 3.00. The minimum atomic E-state index is 0. The number of rotatable bonds is 0. The Morgan fingerprint density at radius 2 is 0.312 bits per heavy atom. The van der Waals surface area contributed by atoms with Crippen LogP contribution in [0.3, 0.4) is 0 Å². The number of hydrogen-bond acceptors (Lipinski definition) is 0. The van der Waals surface area contributed by atoms with Gasteiger partial charge >= 0.3 is 0 Å². The molecule has 0 radical (unpaired) electrons. The van der Waals surface area contributed by atoms with Crippen molar-refractivity contribution in [2.24, 2.45) is 0 Å². The van der Waals surface area contributed by atoms with Crippen LogP contribution in [-0.2, 0) is 0 Å². The fraction of sp³-hybridized carbons (Fsp3) is 1.00. The van der Waals surface area contributed by atoms with Crippen LogP contribution >= 0.6 is 0 Å². The summed E-state index contributed by atoms with van der Waals surface area (Å²) in [4.78, 5) is 0. The van der Waals surface area contributed by atoms with Gasteiger partial charge in [-0.1, -0.05) is 0 Å². The highest BCUT2D eigenvalue weighted by Crippen LogP contribution is 1.74. The Bertz CT molecular complexity index is 88.0. The molecule has 4 nitrogen and oxygen atoms in total. The lowest BCUT2D eigenvalue weighted by Gasteiger charge is -3.00. The molecular weight excluding hydrogens is 200 g/mol. The Kier molecular flexibility index (Phi) is 13.9. The van der Waals surface area contributed by atoms with Crippen LogP contribution in [0.2, 0.25) is 0 Å². The predicted octanol–water partition coefficient (Wildman–Crippen LogP) is 1.26. The fourth-order valence-electron chi connectivity index (χ4n) is 0. The molecule has 0 unspecified atom stereocenters. The van der Waals surface area contributed by atoms with Crippen LogP contribution in [0.25, 0.3) is 6.15 Å². The first-order valence-electron chi connectivity index (χ1n) is 5.37. The molecule has 0 aliphatic heterocycles. The van der Waals surface area contributed by atoms with E-state index in [9.17, 15) is 0 Å². The molecule has 0 amide bonds. The van der Waals surface area contributed by atoms with E-state index in [-0.39, 0.29) is 6.15 Å². The van der Waals surface area contributed by atoms with E-state index in [1.165, 1.54) is 0 Å². The van der Waals surface area contributed by atoms with Gasteiger partial charge < -0.3 is 19.6 Å². The van der Waals surface area contributed by atoms with Crippen molar-refractivity contribution in [3.63, 3.8) is 0 Å². The van der Waals surface area contributed by atoms with Crippen molar-refractivity contribution >= 4 is 0 Å². The van der Waals surface area contributed by atoms with Gasteiger partial charge in [0.2, 0.25) is 0 Å². The van der Waals surface area contributed by atoms with Crippen LogP contribution < -0.4 is 0 Å². The first-order chi connectivity index (χ1) is 6.00. The summed E-state index contributed by atoms with van der Waals surface area (Å²) in [7, 11) is 25.5. The van der Waals surface area contributed by atoms with Gasteiger partial charge in [-0.3, -0.25) is 0 Å². The minimum Gasteiger partial charge on any atom is -3.00 e. The molecule has 0 aliphatic rings. The Balaban J connectivity index is -0.0000000655. The monoisotopic (exact) mass is 236 g/mol. The minimum absolute atomic E-state index is 0. The Hall–Kier alpha value is -0.160. The molecule has 104 valence electrons. The third-order valence-electron chi connectivity index (χ3n) is 0. The quantitative estimate of drug-likeness (QED) is 0.567. The van der Waals surface area contributed by atoms with Crippen molar-refractivity contribution in [1.82, 2.24) is 0 Å². The zero-order valence-corrected chi connectivity index (χ0v) is 13.8. The van der Waals surface area contributed by atoms with Gasteiger partial charge in [0.1, 0.15) is 0 Å². The van der Waals surface area contributed by atoms with E-state index < -0.39 is 0 Å². The summed E-state index contributed by atoms with van der Waals surface area (Å²) >= 11 is 0. The van der Waals surface area contributed by atoms with Gasteiger partial charge in [0.15, 0.2) is 0 Å². The first kappa shape index (κ1) is 24.9. The SMILES string of the molecule is C[N+](C)(C)C.C[N+](C)(C)C.C[N+](C)(C)C.[N-3]. The van der Waals surface area contributed by atoms with E-state index in [1.54, 1.807) is 0 Å². The lowest BCUT2D eigenvalue weighted by molar-refractivity contribution is -0.849. The Morgan fingerprint density at radius 1 is 0.312 bits per heavy atom. The predicted molar refractivity (Wildman–Crippen MR) is 75.2 cm³/mol. The smallest absolute Gasteiger partial charge is 0.0675 e. The fourth-order valence-corrected chi connectivity index (χ4v) is 0. The third kappa shape index (κ3) is 89100. The van der Waals surface area contributed by atoms with Crippen LogP contribution in [0, 0.1) is 0 Å². The molecule has 0 N–H and O–H groups in total. The van der Waals surface area contributed by atoms with E-state index in [4.69, 9.17) is 0 Å². The van der Waals surface area contributed by atoms with E-state index in [0.29, 0.717) is 0 Å². The molecule has 0 bridgehead atoms. The molecule has 0 rings (SSSR count). The summed E-state index contributed by atoms with van der Waals surface area (Å²) in [6.07, 6.45) is 0. The molecule has 0 aliphatic carbocycles. The first-order valence-corrected chi connectivity index (χ1v) is 5.37. The van der Waals surface area contributed by atoms with Crippen LogP contribution in [0.5, 0.6) is 0 Å². The summed E-state index contributed by atoms with van der Waals surface area (Å²) in [5.74, 6) is 0. The molecule has 0 fully saturated rings. The largest absolute Gasteiger partial charge is 3.00 e. The average Bonchev–Trinajstić information content (AvgIpc) is 1.41. The molecule has 0 atom stereocenters. The molecule has 16 heavy (non-hydrogen) atoms. The van der Waals surface area contributed by atoms with Crippen LogP contribution in [0.4, 0.5) is 0 Å². The average molecular weight is 236 g/mol. The standard InChI is InChI=1S/3C4H12N.N/c3*1-5(2,3)4;/h3*1-4H3;/q3*+1;-3. The molecule has 4 heteroatoms. The van der Waals surface area contributed by atoms with Crippen molar-refractivity contribution in [2.45, 2.75) is 0 Å². The highest BCUT2D eigenvalue weighted by Gasteiger charge is 1.89. The molecule has 0 spiro atoms. The second-order valence-electron chi connectivity index (χ2n) is 8.05. The normalized spacial score (nSPS) is 11.2. The third-order valence-corrected chi connectivity index (χ3v) is 0. The highest BCUT2D eigenvalue weighted by molar-refractivity contribution is 3.88. The summed E-state index contributed by atoms with van der Waals surface area (Å²) in [5, 5.41) is 0. The van der Waals surface area contributed by atoms with Crippen molar-refractivity contribution in [1.29, 1.82) is 0 Å². The van der Waals surface area contributed by atoms with Crippen molar-refractivity contribution in [3.05, 3.63) is 6.15 Å². The van der Waals surface area contributed by atoms with Crippen molar-refractivity contribution in [2.75, 3.05) is 84.6 Å². The molecule has 0 aromatic heterocycles. The number of hydrogen-bond donors (Lipinski definition) is 0. The Morgan fingerprint density at radius 3 is 0.312 bits per heavy atom. The molecule has 0 saturated heterocycles. The molecule has 0 saturated carbocycles. The van der Waals surface area contributed by atoms with Gasteiger partial charge in [-0.05, 0) is 0 Å². The molecule has 0 aromatic rings. The van der Waals surface area contributed by atoms with Gasteiger partial charge in [0.25, 0.3) is 0 Å². The zero-order valence-electron chi connectivity index (χ0n) is 13.8. The van der Waals surface area contributed by atoms with Gasteiger partial charge in [0, 0.05) is 0 Å². The summed E-state index contributed by atoms with van der Waals surface area (Å²) in [6, 6.07) is 0. The topological polar surface area (TPSA) is 30.5 Å². The highest BCUT2D eigenvalue weighted by atomic mass is 15.3. The van der Waals surface area contributed by atoms with Gasteiger partial charge in [-0.15, -0.1) is 0 Å². The van der Waals surface area contributed by atoms with Crippen molar-refractivity contribution < 1.29 is 13.4 Å². The number of nitrogens with zero attached hydrogens (tertiary/aromatic N) is 4. The van der Waals surface area contributed by atoms with Gasteiger partial charge in [-0.2, -0.15) is 0 Å². The molecule has 0 aromatic carbocycles. The van der Waals surface area contributed by atoms with Gasteiger partial charge in [-0.25, -0.2) is 0 Å². The maximum Gasteiger partial charge on any atom is 0.0675 e. The molecular formula is C12H36N4. The summed E-state index contributed by atoms with van der Waals surface area (Å²) in [6.45, 7) is 0. The second kappa shape index (κ2) is 8.93. The van der Waals surface area contributed by atoms with Gasteiger partial charge in [0.05, 0.1) is 84.6 Å². The van der Waals surface area contributed by atoms with E-state index in [1.807, 2.05) is 0 Å². The Labute approximate surface area is 105 Å². The van der Waals surface area contributed by atoms with Crippen LogP contribution in [0.15, 0.2) is 0 Å². The zero-order chi connectivity index (χ0) is 13.5. The lowest BCUT2D eigenvalue weighted by atomic mass is 10.8. The maximum absolute atomic E-state index is 2.12. The summed E-state index contributed by atoms with van der Waals surface area (Å²) in [5.41, 5.74) is 0. The maximum atomic E-state index is 2.12. The van der Waals surface area contributed by atoms with E-state index >= 15 is 0 Å². The lowest BCUT2D eigenvalue weighted by Crippen LogP contribution is -2.27. The van der Waals surface area contributed by atoms with Crippen LogP contribution in [0.1, 0.15) is 0 Å². The van der Waals surface area contributed by atoms with Crippen molar-refractivity contribution in [3.8, 4) is 0 Å². The molecule has 0 heterocycles.